The largest absolute Gasteiger partial charge is 0.480 e. The molecule has 1 fully saturated rings. The third kappa shape index (κ3) is 3.30. The van der Waals surface area contributed by atoms with Gasteiger partial charge >= 0.3 is 12.0 Å². The first-order valence-electron chi connectivity index (χ1n) is 6.14. The van der Waals surface area contributed by atoms with Gasteiger partial charge in [0.25, 0.3) is 5.69 Å². The van der Waals surface area contributed by atoms with Crippen LogP contribution in [-0.4, -0.2) is 39.5 Å². The third-order valence-corrected chi connectivity index (χ3v) is 3.86. The topological polar surface area (TPSA) is 113 Å². The van der Waals surface area contributed by atoms with E-state index in [1.54, 1.807) is 0 Å². The maximum Gasteiger partial charge on any atom is 0.326 e. The Balaban J connectivity index is 2.13. The van der Waals surface area contributed by atoms with Crippen LogP contribution in [0.25, 0.3) is 0 Å². The molecule has 2 rings (SSSR count). The van der Waals surface area contributed by atoms with Crippen LogP contribution in [0, 0.1) is 10.1 Å². The number of halogens is 1. The van der Waals surface area contributed by atoms with Gasteiger partial charge in [-0.3, -0.25) is 10.1 Å². The van der Waals surface area contributed by atoms with Crippen LogP contribution >= 0.6 is 15.9 Å². The Labute approximate surface area is 128 Å². The van der Waals surface area contributed by atoms with E-state index in [4.69, 9.17) is 5.11 Å². The summed E-state index contributed by atoms with van der Waals surface area (Å²) in [6.45, 7) is 0.368. The van der Waals surface area contributed by atoms with Gasteiger partial charge in [-0.15, -0.1) is 0 Å². The van der Waals surface area contributed by atoms with Crippen molar-refractivity contribution in [3.63, 3.8) is 0 Å². The average Bonchev–Trinajstić information content (AvgIpc) is 2.90. The maximum absolute atomic E-state index is 12.1. The Bertz CT molecular complexity index is 607. The summed E-state index contributed by atoms with van der Waals surface area (Å²) in [6, 6.07) is 2.57. The minimum atomic E-state index is -1.04. The smallest absolute Gasteiger partial charge is 0.326 e. The predicted octanol–water partition coefficient (Wildman–Crippen LogP) is 2.44. The SMILES string of the molecule is O=C(O)C1CCCN1C(=O)Nc1ccc([N+](=O)[O-])cc1Br. The van der Waals surface area contributed by atoms with Gasteiger partial charge in [0.05, 0.1) is 10.6 Å². The number of urea groups is 1. The minimum Gasteiger partial charge on any atom is -0.480 e. The van der Waals surface area contributed by atoms with E-state index < -0.39 is 23.0 Å². The number of hydrogen-bond acceptors (Lipinski definition) is 4. The third-order valence-electron chi connectivity index (χ3n) is 3.20. The number of nitro benzene ring substituents is 1. The molecule has 0 radical (unpaired) electrons. The number of carbonyl (C=O) groups is 2. The number of likely N-dealkylation sites (tertiary alicyclic amines) is 1. The number of carboxylic acids is 1. The van der Waals surface area contributed by atoms with Crippen LogP contribution in [0.2, 0.25) is 0 Å². The number of hydrogen-bond donors (Lipinski definition) is 2. The van der Waals surface area contributed by atoms with Crippen LogP contribution in [0.5, 0.6) is 0 Å². The fourth-order valence-corrected chi connectivity index (χ4v) is 2.64. The molecule has 2 N–H and O–H groups in total. The van der Waals surface area contributed by atoms with Gasteiger partial charge in [-0.25, -0.2) is 9.59 Å². The van der Waals surface area contributed by atoms with Crippen molar-refractivity contribution in [2.24, 2.45) is 0 Å². The molecule has 2 amide bonds. The highest BCUT2D eigenvalue weighted by Crippen LogP contribution is 2.28. The lowest BCUT2D eigenvalue weighted by atomic mass is 10.2. The number of benzene rings is 1. The number of non-ortho nitro benzene ring substituents is 1. The summed E-state index contributed by atoms with van der Waals surface area (Å²) < 4.78 is 0.358. The molecule has 0 saturated carbocycles. The van der Waals surface area contributed by atoms with E-state index in [1.165, 1.54) is 23.1 Å². The molecule has 9 heteroatoms. The van der Waals surface area contributed by atoms with E-state index in [0.717, 1.165) is 0 Å². The summed E-state index contributed by atoms with van der Waals surface area (Å²) in [5.74, 6) is -1.04. The molecule has 1 aliphatic heterocycles. The van der Waals surface area contributed by atoms with Crippen LogP contribution in [0.4, 0.5) is 16.2 Å². The van der Waals surface area contributed by atoms with E-state index in [1.807, 2.05) is 0 Å². The van der Waals surface area contributed by atoms with E-state index in [9.17, 15) is 19.7 Å². The van der Waals surface area contributed by atoms with Gasteiger partial charge in [0.1, 0.15) is 6.04 Å². The van der Waals surface area contributed by atoms with E-state index in [2.05, 4.69) is 21.2 Å². The Kier molecular flexibility index (Phi) is 4.41. The molecule has 1 atom stereocenters. The molecular weight excluding hydrogens is 346 g/mol. The first kappa shape index (κ1) is 15.2. The number of nitrogens with zero attached hydrogens (tertiary/aromatic N) is 2. The monoisotopic (exact) mass is 357 g/mol. The van der Waals surface area contributed by atoms with Crippen molar-refractivity contribution >= 4 is 39.3 Å². The van der Waals surface area contributed by atoms with E-state index >= 15 is 0 Å². The standard InChI is InChI=1S/C12H12BrN3O5/c13-8-6-7(16(20)21)3-4-9(8)14-12(19)15-5-1-2-10(15)11(17)18/h3-4,6,10H,1-2,5H2,(H,14,19)(H,17,18). The summed E-state index contributed by atoms with van der Waals surface area (Å²) in [6.07, 6.45) is 1.05. The zero-order valence-corrected chi connectivity index (χ0v) is 12.4. The van der Waals surface area contributed by atoms with Gasteiger partial charge in [-0.1, -0.05) is 0 Å². The highest BCUT2D eigenvalue weighted by molar-refractivity contribution is 9.10. The van der Waals surface area contributed by atoms with E-state index in [0.29, 0.717) is 29.5 Å². The van der Waals surface area contributed by atoms with Crippen LogP contribution in [-0.2, 0) is 4.79 Å². The second kappa shape index (κ2) is 6.08. The van der Waals surface area contributed by atoms with Gasteiger partial charge in [-0.05, 0) is 34.8 Å². The molecule has 112 valence electrons. The quantitative estimate of drug-likeness (QED) is 0.637. The van der Waals surface area contributed by atoms with Crippen LogP contribution < -0.4 is 5.32 Å². The van der Waals surface area contributed by atoms with Crippen molar-refractivity contribution < 1.29 is 19.6 Å². The zero-order valence-electron chi connectivity index (χ0n) is 10.8. The van der Waals surface area contributed by atoms with Crippen molar-refractivity contribution in [2.45, 2.75) is 18.9 Å². The van der Waals surface area contributed by atoms with Crippen molar-refractivity contribution in [3.05, 3.63) is 32.8 Å². The number of carboxylic acid groups (broad SMARTS) is 1. The second-order valence-corrected chi connectivity index (χ2v) is 5.40. The van der Waals surface area contributed by atoms with Gasteiger partial charge in [-0.2, -0.15) is 0 Å². The Hall–Kier alpha value is -2.16. The molecule has 1 heterocycles. The summed E-state index contributed by atoms with van der Waals surface area (Å²) in [5.41, 5.74) is 0.242. The first-order valence-corrected chi connectivity index (χ1v) is 6.94. The van der Waals surface area contributed by atoms with Crippen molar-refractivity contribution in [2.75, 3.05) is 11.9 Å². The number of amides is 2. The number of carbonyl (C=O) groups excluding carboxylic acids is 1. The Morgan fingerprint density at radius 2 is 2.19 bits per heavy atom. The van der Waals surface area contributed by atoms with Gasteiger partial charge in [0.15, 0.2) is 0 Å². The van der Waals surface area contributed by atoms with Crippen LogP contribution in [0.3, 0.4) is 0 Å². The molecule has 0 spiro atoms. The van der Waals surface area contributed by atoms with Crippen molar-refractivity contribution in [1.29, 1.82) is 0 Å². The lowest BCUT2D eigenvalue weighted by Crippen LogP contribution is -2.42. The first-order chi connectivity index (χ1) is 9.90. The van der Waals surface area contributed by atoms with Gasteiger partial charge in [0, 0.05) is 23.2 Å². The maximum atomic E-state index is 12.1. The molecule has 1 saturated heterocycles. The summed E-state index contributed by atoms with van der Waals surface area (Å²) >= 11 is 3.14. The fraction of sp³-hybridized carbons (Fsp3) is 0.333. The van der Waals surface area contributed by atoms with Crippen molar-refractivity contribution in [1.82, 2.24) is 4.90 Å². The molecule has 0 aliphatic carbocycles. The highest BCUT2D eigenvalue weighted by Gasteiger charge is 2.34. The molecule has 1 aromatic carbocycles. The summed E-state index contributed by atoms with van der Waals surface area (Å²) in [5, 5.41) is 22.2. The Morgan fingerprint density at radius 1 is 1.48 bits per heavy atom. The summed E-state index contributed by atoms with van der Waals surface area (Å²) in [4.78, 5) is 34.5. The Morgan fingerprint density at radius 3 is 2.76 bits per heavy atom. The molecule has 8 nitrogen and oxygen atoms in total. The zero-order chi connectivity index (χ0) is 15.6. The molecular formula is C12H12BrN3O5. The van der Waals surface area contributed by atoms with E-state index in [-0.39, 0.29) is 5.69 Å². The molecule has 1 aliphatic rings. The number of anilines is 1. The fourth-order valence-electron chi connectivity index (χ4n) is 2.17. The predicted molar refractivity (Wildman–Crippen MR) is 77.2 cm³/mol. The molecule has 1 unspecified atom stereocenters. The molecule has 0 bridgehead atoms. The van der Waals surface area contributed by atoms with Crippen molar-refractivity contribution in [3.8, 4) is 0 Å². The number of aliphatic carboxylic acids is 1. The highest BCUT2D eigenvalue weighted by atomic mass is 79.9. The number of nitro groups is 1. The lowest BCUT2D eigenvalue weighted by molar-refractivity contribution is -0.384. The normalized spacial score (nSPS) is 17.6. The lowest BCUT2D eigenvalue weighted by Gasteiger charge is -2.22. The average molecular weight is 358 g/mol. The van der Waals surface area contributed by atoms with Crippen LogP contribution in [0.15, 0.2) is 22.7 Å². The van der Waals surface area contributed by atoms with Gasteiger partial charge in [0.2, 0.25) is 0 Å². The molecule has 1 aromatic rings. The van der Waals surface area contributed by atoms with Gasteiger partial charge < -0.3 is 15.3 Å². The summed E-state index contributed by atoms with van der Waals surface area (Å²) in [7, 11) is 0. The number of rotatable bonds is 3. The minimum absolute atomic E-state index is 0.107. The number of nitrogens with one attached hydrogen (secondary N) is 1. The molecule has 21 heavy (non-hydrogen) atoms. The van der Waals surface area contributed by atoms with Crippen LogP contribution in [0.1, 0.15) is 12.8 Å². The second-order valence-electron chi connectivity index (χ2n) is 4.54. The molecule has 0 aromatic heterocycles.